The van der Waals surface area contributed by atoms with Crippen molar-refractivity contribution in [3.8, 4) is 11.5 Å². The molecule has 1 aromatic heterocycles. The summed E-state index contributed by atoms with van der Waals surface area (Å²) < 4.78 is 12.6. The molecule has 9 heteroatoms. The molecular weight excluding hydrogens is 498 g/mol. The Morgan fingerprint density at radius 3 is 2.64 bits per heavy atom. The Bertz CT molecular complexity index is 1480. The first-order chi connectivity index (χ1) is 17.5. The van der Waals surface area contributed by atoms with Crippen molar-refractivity contribution in [2.24, 2.45) is 0 Å². The lowest BCUT2D eigenvalue weighted by atomic mass is 10.1. The highest BCUT2D eigenvalue weighted by Gasteiger charge is 2.24. The van der Waals surface area contributed by atoms with Gasteiger partial charge in [-0.1, -0.05) is 66.7 Å². The molecule has 0 bridgehead atoms. The number of rotatable bonds is 8. The van der Waals surface area contributed by atoms with E-state index >= 15 is 0 Å². The van der Waals surface area contributed by atoms with Gasteiger partial charge < -0.3 is 14.8 Å². The predicted molar refractivity (Wildman–Crippen MR) is 142 cm³/mol. The fourth-order valence-electron chi connectivity index (χ4n) is 4.00. The fraction of sp³-hybridized carbons (Fsp3) is 0.222. The van der Waals surface area contributed by atoms with Gasteiger partial charge >= 0.3 is 0 Å². The van der Waals surface area contributed by atoms with Gasteiger partial charge in [-0.3, -0.25) is 14.2 Å². The van der Waals surface area contributed by atoms with Crippen LogP contribution < -0.4 is 20.3 Å². The predicted octanol–water partition coefficient (Wildman–Crippen LogP) is 5.53. The molecule has 0 spiro atoms. The molecule has 0 fully saturated rings. The summed E-state index contributed by atoms with van der Waals surface area (Å²) in [6, 6.07) is 20.4. The number of thioether (sulfide) groups is 1. The summed E-state index contributed by atoms with van der Waals surface area (Å²) in [7, 11) is 0. The van der Waals surface area contributed by atoms with Crippen LogP contribution in [-0.2, 0) is 17.8 Å². The molecule has 1 atom stereocenters. The lowest BCUT2D eigenvalue weighted by Gasteiger charge is -2.18. The molecule has 0 saturated heterocycles. The molecule has 1 aliphatic heterocycles. The number of halogens is 1. The summed E-state index contributed by atoms with van der Waals surface area (Å²) >= 11 is 7.35. The Balaban J connectivity index is 1.49. The Morgan fingerprint density at radius 2 is 1.89 bits per heavy atom. The number of fused-ring (bicyclic) bond motifs is 2. The Kier molecular flexibility index (Phi) is 7.16. The molecule has 7 nitrogen and oxygen atoms in total. The van der Waals surface area contributed by atoms with Crippen LogP contribution in [-0.4, -0.2) is 27.5 Å². The Labute approximate surface area is 217 Å². The maximum absolute atomic E-state index is 13.6. The number of ether oxygens (including phenoxy) is 2. The second kappa shape index (κ2) is 10.6. The minimum atomic E-state index is -0.467. The van der Waals surface area contributed by atoms with Crippen LogP contribution in [0.3, 0.4) is 0 Å². The van der Waals surface area contributed by atoms with Crippen molar-refractivity contribution in [2.45, 2.75) is 36.7 Å². The van der Waals surface area contributed by atoms with Crippen LogP contribution in [0.25, 0.3) is 10.9 Å². The number of carbonyl (C=O) groups excluding carboxylic acids is 1. The number of nitrogens with one attached hydrogen (secondary N) is 1. The smallest absolute Gasteiger partial charge is 0.262 e. The second-order valence-corrected chi connectivity index (χ2v) is 9.93. The van der Waals surface area contributed by atoms with Crippen molar-refractivity contribution in [3.05, 3.63) is 87.7 Å². The highest BCUT2D eigenvalue weighted by atomic mass is 35.5. The van der Waals surface area contributed by atoms with Crippen molar-refractivity contribution in [3.63, 3.8) is 0 Å². The molecule has 2 heterocycles. The van der Waals surface area contributed by atoms with Crippen LogP contribution in [0, 0.1) is 0 Å². The molecule has 1 aliphatic rings. The van der Waals surface area contributed by atoms with Crippen molar-refractivity contribution in [1.82, 2.24) is 9.55 Å². The first kappa shape index (κ1) is 24.2. The third-order valence-electron chi connectivity index (χ3n) is 5.88. The standard InChI is InChI=1S/C27H24ClN3O4S/c1-2-24(25(32)29-19-10-6-9-18(28)13-19)36-27-30-21-15-23-22(34-16-35-23)14-20(21)26(33)31(27)12-11-17-7-4-3-5-8-17/h3-10,13-15,24H,2,11-12,16H2,1H3,(H,29,32). The van der Waals surface area contributed by atoms with E-state index in [0.29, 0.717) is 57.7 Å². The zero-order chi connectivity index (χ0) is 25.1. The molecule has 0 radical (unpaired) electrons. The molecule has 1 unspecified atom stereocenters. The Morgan fingerprint density at radius 1 is 1.11 bits per heavy atom. The second-order valence-electron chi connectivity index (χ2n) is 8.32. The molecule has 0 saturated carbocycles. The number of carbonyl (C=O) groups is 1. The summed E-state index contributed by atoms with van der Waals surface area (Å²) in [6.45, 7) is 2.46. The first-order valence-corrected chi connectivity index (χ1v) is 12.9. The van der Waals surface area contributed by atoms with E-state index in [-0.39, 0.29) is 18.3 Å². The van der Waals surface area contributed by atoms with Gasteiger partial charge in [0.15, 0.2) is 16.7 Å². The van der Waals surface area contributed by atoms with Crippen molar-refractivity contribution in [1.29, 1.82) is 0 Å². The normalized spacial score (nSPS) is 13.1. The third kappa shape index (κ3) is 5.20. The van der Waals surface area contributed by atoms with E-state index in [0.717, 1.165) is 5.56 Å². The van der Waals surface area contributed by atoms with Crippen molar-refractivity contribution >= 4 is 45.9 Å². The van der Waals surface area contributed by atoms with Crippen molar-refractivity contribution < 1.29 is 14.3 Å². The van der Waals surface area contributed by atoms with Crippen LogP contribution in [0.2, 0.25) is 5.02 Å². The molecule has 184 valence electrons. The van der Waals surface area contributed by atoms with Gasteiger partial charge in [0.1, 0.15) is 0 Å². The van der Waals surface area contributed by atoms with Gasteiger partial charge in [0.2, 0.25) is 12.7 Å². The number of amides is 1. The molecule has 5 rings (SSSR count). The molecule has 3 aromatic carbocycles. The SMILES string of the molecule is CCC(Sc1nc2cc3c(cc2c(=O)n1CCc1ccccc1)OCO3)C(=O)Nc1cccc(Cl)c1. The van der Waals surface area contributed by atoms with E-state index in [4.69, 9.17) is 26.1 Å². The molecule has 1 amide bonds. The number of hydrogen-bond acceptors (Lipinski definition) is 6. The molecule has 4 aromatic rings. The number of nitrogens with zero attached hydrogens (tertiary/aromatic N) is 2. The molecule has 0 aliphatic carbocycles. The largest absolute Gasteiger partial charge is 0.454 e. The first-order valence-electron chi connectivity index (χ1n) is 11.6. The van der Waals surface area contributed by atoms with Gasteiger partial charge in [0.25, 0.3) is 5.56 Å². The van der Waals surface area contributed by atoms with Crippen molar-refractivity contribution in [2.75, 3.05) is 12.1 Å². The van der Waals surface area contributed by atoms with E-state index in [1.54, 1.807) is 41.0 Å². The van der Waals surface area contributed by atoms with Crippen LogP contribution in [0.1, 0.15) is 18.9 Å². The van der Waals surface area contributed by atoms with E-state index in [1.807, 2.05) is 37.3 Å². The van der Waals surface area contributed by atoms with Gasteiger partial charge in [0, 0.05) is 23.3 Å². The number of anilines is 1. The van der Waals surface area contributed by atoms with E-state index in [1.165, 1.54) is 11.8 Å². The summed E-state index contributed by atoms with van der Waals surface area (Å²) in [5.74, 6) is 0.904. The zero-order valence-electron chi connectivity index (χ0n) is 19.6. The van der Waals surface area contributed by atoms with Gasteiger partial charge in [-0.15, -0.1) is 0 Å². The maximum atomic E-state index is 13.6. The third-order valence-corrected chi connectivity index (χ3v) is 7.47. The van der Waals surface area contributed by atoms with Crippen LogP contribution in [0.15, 0.2) is 76.7 Å². The summed E-state index contributed by atoms with van der Waals surface area (Å²) in [5.41, 5.74) is 2.05. The number of benzene rings is 3. The fourth-order valence-corrected chi connectivity index (χ4v) is 5.23. The van der Waals surface area contributed by atoms with Gasteiger partial charge in [-0.25, -0.2) is 4.98 Å². The lowest BCUT2D eigenvalue weighted by molar-refractivity contribution is -0.115. The number of hydrogen-bond donors (Lipinski definition) is 1. The highest BCUT2D eigenvalue weighted by Crippen LogP contribution is 2.35. The Hall–Kier alpha value is -3.49. The topological polar surface area (TPSA) is 82.5 Å². The van der Waals surface area contributed by atoms with E-state index in [2.05, 4.69) is 5.32 Å². The molecular formula is C27H24ClN3O4S. The lowest BCUT2D eigenvalue weighted by Crippen LogP contribution is -2.28. The summed E-state index contributed by atoms with van der Waals surface area (Å²) in [5, 5.41) is 3.93. The zero-order valence-corrected chi connectivity index (χ0v) is 21.1. The van der Waals surface area contributed by atoms with Crippen LogP contribution in [0.4, 0.5) is 5.69 Å². The van der Waals surface area contributed by atoms with Crippen LogP contribution >= 0.6 is 23.4 Å². The number of aromatic nitrogens is 2. The monoisotopic (exact) mass is 521 g/mol. The maximum Gasteiger partial charge on any atom is 0.262 e. The minimum absolute atomic E-state index is 0.108. The van der Waals surface area contributed by atoms with E-state index in [9.17, 15) is 9.59 Å². The average Bonchev–Trinajstić information content (AvgIpc) is 3.34. The van der Waals surface area contributed by atoms with Gasteiger partial charge in [0.05, 0.1) is 16.2 Å². The summed E-state index contributed by atoms with van der Waals surface area (Å²) in [6.07, 6.45) is 1.20. The summed E-state index contributed by atoms with van der Waals surface area (Å²) in [4.78, 5) is 31.6. The molecule has 36 heavy (non-hydrogen) atoms. The highest BCUT2D eigenvalue weighted by molar-refractivity contribution is 8.00. The van der Waals surface area contributed by atoms with E-state index < -0.39 is 5.25 Å². The van der Waals surface area contributed by atoms with Gasteiger partial charge in [-0.05, 0) is 42.7 Å². The van der Waals surface area contributed by atoms with Gasteiger partial charge in [-0.2, -0.15) is 0 Å². The molecule has 1 N–H and O–H groups in total. The number of aryl methyl sites for hydroxylation is 1. The average molecular weight is 522 g/mol. The quantitative estimate of drug-likeness (QED) is 0.242. The minimum Gasteiger partial charge on any atom is -0.454 e. The van der Waals surface area contributed by atoms with Crippen LogP contribution in [0.5, 0.6) is 11.5 Å².